The smallest absolute Gasteiger partial charge is 0.258 e. The molecule has 2 N–H and O–H groups in total. The highest BCUT2D eigenvalue weighted by Crippen LogP contribution is 2.19. The maximum Gasteiger partial charge on any atom is 0.258 e. The zero-order chi connectivity index (χ0) is 21.0. The fourth-order valence-electron chi connectivity index (χ4n) is 3.23. The predicted octanol–water partition coefficient (Wildman–Crippen LogP) is 2.80. The summed E-state index contributed by atoms with van der Waals surface area (Å²) in [4.78, 5) is 19.7. The summed E-state index contributed by atoms with van der Waals surface area (Å²) in [5, 5.41) is 3.88. The highest BCUT2D eigenvalue weighted by molar-refractivity contribution is 7.89. The Morgan fingerprint density at radius 3 is 2.38 bits per heavy atom. The van der Waals surface area contributed by atoms with Gasteiger partial charge in [-0.2, -0.15) is 4.31 Å². The van der Waals surface area contributed by atoms with Gasteiger partial charge in [0.15, 0.2) is 0 Å². The number of sulfonamides is 1. The molecular weight excluding hydrogens is 388 g/mol. The largest absolute Gasteiger partial charge is 0.309 e. The van der Waals surface area contributed by atoms with Crippen LogP contribution in [0.5, 0.6) is 0 Å². The van der Waals surface area contributed by atoms with Crippen molar-refractivity contribution in [1.82, 2.24) is 19.6 Å². The highest BCUT2D eigenvalue weighted by atomic mass is 32.2. The summed E-state index contributed by atoms with van der Waals surface area (Å²) in [6, 6.07) is 14.1. The van der Waals surface area contributed by atoms with Gasteiger partial charge in [0, 0.05) is 19.1 Å². The lowest BCUT2D eigenvalue weighted by Crippen LogP contribution is -2.30. The lowest BCUT2D eigenvalue weighted by atomic mass is 10.1. The van der Waals surface area contributed by atoms with Crippen molar-refractivity contribution in [3.63, 3.8) is 0 Å². The van der Waals surface area contributed by atoms with Crippen molar-refractivity contribution in [2.75, 3.05) is 13.1 Å². The zero-order valence-corrected chi connectivity index (χ0v) is 17.7. The Balaban J connectivity index is 1.72. The van der Waals surface area contributed by atoms with E-state index in [1.807, 2.05) is 51.1 Å². The number of hydrogen-bond acceptors (Lipinski definition) is 5. The number of aromatic nitrogens is 2. The number of aromatic amines is 1. The molecule has 0 aliphatic heterocycles. The fraction of sp³-hybridized carbons (Fsp3) is 0.333. The second kappa shape index (κ2) is 8.86. The molecule has 2 aromatic carbocycles. The Kier molecular flexibility index (Phi) is 6.46. The molecule has 1 atom stereocenters. The van der Waals surface area contributed by atoms with Gasteiger partial charge in [-0.25, -0.2) is 13.4 Å². The molecule has 3 rings (SSSR count). The molecule has 0 spiro atoms. The van der Waals surface area contributed by atoms with E-state index in [0.29, 0.717) is 36.4 Å². The van der Waals surface area contributed by atoms with Crippen molar-refractivity contribution in [3.05, 3.63) is 70.3 Å². The summed E-state index contributed by atoms with van der Waals surface area (Å²) in [5.41, 5.74) is 1.45. The molecule has 0 saturated heterocycles. The second-order valence-electron chi connectivity index (χ2n) is 6.79. The Morgan fingerprint density at radius 1 is 1.07 bits per heavy atom. The van der Waals surface area contributed by atoms with E-state index in [9.17, 15) is 13.2 Å². The minimum Gasteiger partial charge on any atom is -0.309 e. The van der Waals surface area contributed by atoms with E-state index >= 15 is 0 Å². The molecule has 154 valence electrons. The van der Waals surface area contributed by atoms with E-state index in [1.54, 1.807) is 18.2 Å². The Morgan fingerprint density at radius 2 is 1.72 bits per heavy atom. The molecule has 0 amide bonds. The number of para-hydroxylation sites is 1. The van der Waals surface area contributed by atoms with Crippen LogP contribution >= 0.6 is 0 Å². The van der Waals surface area contributed by atoms with Gasteiger partial charge in [0.05, 0.1) is 22.3 Å². The van der Waals surface area contributed by atoms with E-state index in [4.69, 9.17) is 0 Å². The van der Waals surface area contributed by atoms with Crippen molar-refractivity contribution in [3.8, 4) is 0 Å². The highest BCUT2D eigenvalue weighted by Gasteiger charge is 2.21. The molecule has 0 radical (unpaired) electrons. The third-order valence-electron chi connectivity index (χ3n) is 4.96. The first kappa shape index (κ1) is 21.2. The molecule has 7 nitrogen and oxygen atoms in total. The number of benzene rings is 2. The van der Waals surface area contributed by atoms with Gasteiger partial charge in [0.2, 0.25) is 10.0 Å². The maximum atomic E-state index is 12.6. The average Bonchev–Trinajstić information content (AvgIpc) is 2.73. The van der Waals surface area contributed by atoms with Crippen LogP contribution in [0.2, 0.25) is 0 Å². The molecule has 0 fully saturated rings. The van der Waals surface area contributed by atoms with E-state index in [1.165, 1.54) is 4.31 Å². The average molecular weight is 415 g/mol. The summed E-state index contributed by atoms with van der Waals surface area (Å²) in [7, 11) is -3.46. The third-order valence-corrected chi connectivity index (χ3v) is 7.03. The number of rotatable bonds is 8. The van der Waals surface area contributed by atoms with E-state index in [-0.39, 0.29) is 16.5 Å². The van der Waals surface area contributed by atoms with Crippen molar-refractivity contribution < 1.29 is 8.42 Å². The summed E-state index contributed by atoms with van der Waals surface area (Å²) >= 11 is 0. The number of nitrogens with one attached hydrogen (secondary N) is 2. The normalized spacial score (nSPS) is 13.1. The first-order chi connectivity index (χ1) is 13.9. The quantitative estimate of drug-likeness (QED) is 0.591. The molecule has 8 heteroatoms. The van der Waals surface area contributed by atoms with Gasteiger partial charge in [-0.3, -0.25) is 4.79 Å². The van der Waals surface area contributed by atoms with Gasteiger partial charge in [0.1, 0.15) is 5.82 Å². The van der Waals surface area contributed by atoms with Gasteiger partial charge >= 0.3 is 0 Å². The second-order valence-corrected chi connectivity index (χ2v) is 8.73. The molecule has 1 aromatic heterocycles. The molecule has 0 aliphatic rings. The van der Waals surface area contributed by atoms with Gasteiger partial charge in [-0.05, 0) is 36.8 Å². The molecule has 0 saturated carbocycles. The lowest BCUT2D eigenvalue weighted by Gasteiger charge is -2.19. The Labute approximate surface area is 170 Å². The Bertz CT molecular complexity index is 1140. The number of hydrogen-bond donors (Lipinski definition) is 2. The van der Waals surface area contributed by atoms with E-state index in [2.05, 4.69) is 15.3 Å². The van der Waals surface area contributed by atoms with Gasteiger partial charge in [0.25, 0.3) is 5.56 Å². The van der Waals surface area contributed by atoms with Crippen LogP contribution in [0.3, 0.4) is 0 Å². The maximum absolute atomic E-state index is 12.6. The number of nitrogens with zero attached hydrogens (tertiary/aromatic N) is 2. The predicted molar refractivity (Wildman–Crippen MR) is 114 cm³/mol. The van der Waals surface area contributed by atoms with Crippen LogP contribution in [0.4, 0.5) is 0 Å². The van der Waals surface area contributed by atoms with Crippen LogP contribution in [0.25, 0.3) is 10.9 Å². The standard InChI is InChI=1S/C21H26N4O3S/c1-4-25(5-2)29(27,28)17-12-10-16(11-13-17)15(3)22-14-20-23-19-9-7-6-8-18(19)21(26)24-20/h6-13,15,22H,4-5,14H2,1-3H3,(H,23,24,26)/t15-/m1/s1. The van der Waals surface area contributed by atoms with Crippen molar-refractivity contribution in [1.29, 1.82) is 0 Å². The van der Waals surface area contributed by atoms with Crippen LogP contribution in [-0.2, 0) is 16.6 Å². The number of fused-ring (bicyclic) bond motifs is 1. The van der Waals surface area contributed by atoms with E-state index < -0.39 is 10.0 Å². The van der Waals surface area contributed by atoms with Crippen molar-refractivity contribution in [2.45, 2.75) is 38.3 Å². The molecule has 3 aromatic rings. The van der Waals surface area contributed by atoms with Crippen LogP contribution < -0.4 is 10.9 Å². The molecule has 1 heterocycles. The fourth-order valence-corrected chi connectivity index (χ4v) is 4.69. The minimum absolute atomic E-state index is 0.0445. The van der Waals surface area contributed by atoms with Crippen LogP contribution in [0.1, 0.15) is 38.2 Å². The van der Waals surface area contributed by atoms with Crippen molar-refractivity contribution >= 4 is 20.9 Å². The van der Waals surface area contributed by atoms with Gasteiger partial charge in [-0.1, -0.05) is 38.1 Å². The summed E-state index contributed by atoms with van der Waals surface area (Å²) < 4.78 is 26.6. The minimum atomic E-state index is -3.46. The molecule has 0 bridgehead atoms. The first-order valence-corrected chi connectivity index (χ1v) is 11.1. The van der Waals surface area contributed by atoms with Crippen LogP contribution in [-0.4, -0.2) is 35.8 Å². The van der Waals surface area contributed by atoms with Gasteiger partial charge in [-0.15, -0.1) is 0 Å². The topological polar surface area (TPSA) is 95.2 Å². The Hall–Kier alpha value is -2.55. The first-order valence-electron chi connectivity index (χ1n) is 9.68. The van der Waals surface area contributed by atoms with E-state index in [0.717, 1.165) is 5.56 Å². The number of H-pyrrole nitrogens is 1. The van der Waals surface area contributed by atoms with Crippen LogP contribution in [0, 0.1) is 0 Å². The molecule has 0 unspecified atom stereocenters. The summed E-state index contributed by atoms with van der Waals surface area (Å²) in [6.07, 6.45) is 0. The molecule has 29 heavy (non-hydrogen) atoms. The zero-order valence-electron chi connectivity index (χ0n) is 16.8. The summed E-state index contributed by atoms with van der Waals surface area (Å²) in [6.45, 7) is 6.90. The third kappa shape index (κ3) is 4.55. The monoisotopic (exact) mass is 414 g/mol. The molecular formula is C21H26N4O3S. The van der Waals surface area contributed by atoms with Crippen molar-refractivity contribution in [2.24, 2.45) is 0 Å². The van der Waals surface area contributed by atoms with Crippen LogP contribution in [0.15, 0.2) is 58.2 Å². The lowest BCUT2D eigenvalue weighted by molar-refractivity contribution is 0.445. The SMILES string of the molecule is CCN(CC)S(=O)(=O)c1ccc([C@@H](C)NCc2nc3ccccc3c(=O)[nH]2)cc1. The molecule has 0 aliphatic carbocycles. The summed E-state index contributed by atoms with van der Waals surface area (Å²) in [5.74, 6) is 0.557. The van der Waals surface area contributed by atoms with Gasteiger partial charge < -0.3 is 10.3 Å².